The molecule has 2 aromatic rings. The van der Waals surface area contributed by atoms with Gasteiger partial charge in [0.2, 0.25) is 0 Å². The van der Waals surface area contributed by atoms with Gasteiger partial charge in [-0.25, -0.2) is 0 Å². The molecule has 0 unspecified atom stereocenters. The maximum atomic E-state index is 5.84. The van der Waals surface area contributed by atoms with Gasteiger partial charge in [-0.3, -0.25) is 4.98 Å². The molecule has 0 aliphatic rings. The Balaban J connectivity index is 2.16. The molecule has 18 heavy (non-hydrogen) atoms. The Hall–Kier alpha value is -1.87. The van der Waals surface area contributed by atoms with Crippen molar-refractivity contribution in [2.75, 3.05) is 6.54 Å². The van der Waals surface area contributed by atoms with Crippen molar-refractivity contribution >= 4 is 0 Å². The minimum absolute atomic E-state index is 0.765. The van der Waals surface area contributed by atoms with Crippen LogP contribution in [-0.4, -0.2) is 11.5 Å². The highest BCUT2D eigenvalue weighted by molar-refractivity contribution is 5.39. The van der Waals surface area contributed by atoms with Crippen molar-refractivity contribution in [3.63, 3.8) is 0 Å². The number of aryl methyl sites for hydroxylation is 1. The molecule has 0 bridgehead atoms. The van der Waals surface area contributed by atoms with E-state index in [4.69, 9.17) is 4.74 Å². The van der Waals surface area contributed by atoms with Gasteiger partial charge in [-0.05, 0) is 42.8 Å². The summed E-state index contributed by atoms with van der Waals surface area (Å²) in [5.41, 5.74) is 2.35. The Labute approximate surface area is 108 Å². The minimum atomic E-state index is 0.765. The molecule has 0 amide bonds. The second-order valence-electron chi connectivity index (χ2n) is 4.17. The minimum Gasteiger partial charge on any atom is -0.455 e. The van der Waals surface area contributed by atoms with Crippen LogP contribution in [0.3, 0.4) is 0 Å². The van der Waals surface area contributed by atoms with Gasteiger partial charge in [0.1, 0.15) is 11.5 Å². The summed E-state index contributed by atoms with van der Waals surface area (Å²) in [6.07, 6.45) is 3.46. The van der Waals surface area contributed by atoms with E-state index in [0.29, 0.717) is 0 Å². The third kappa shape index (κ3) is 3.31. The molecule has 2 rings (SSSR count). The van der Waals surface area contributed by atoms with Crippen LogP contribution in [0.2, 0.25) is 0 Å². The first-order valence-electron chi connectivity index (χ1n) is 6.17. The van der Waals surface area contributed by atoms with Crippen LogP contribution >= 0.6 is 0 Å². The third-order valence-electron chi connectivity index (χ3n) is 2.69. The van der Waals surface area contributed by atoms with Crippen LogP contribution in [0.4, 0.5) is 0 Å². The Morgan fingerprint density at radius 1 is 1.28 bits per heavy atom. The van der Waals surface area contributed by atoms with Crippen molar-refractivity contribution in [3.05, 3.63) is 53.9 Å². The van der Waals surface area contributed by atoms with E-state index in [2.05, 4.69) is 35.4 Å². The summed E-state index contributed by atoms with van der Waals surface area (Å²) < 4.78 is 5.84. The van der Waals surface area contributed by atoms with E-state index in [1.807, 2.05) is 19.1 Å². The van der Waals surface area contributed by atoms with Crippen LogP contribution in [-0.2, 0) is 6.54 Å². The second-order valence-corrected chi connectivity index (χ2v) is 4.17. The molecular weight excluding hydrogens is 224 g/mol. The predicted molar refractivity (Wildman–Crippen MR) is 72.9 cm³/mol. The van der Waals surface area contributed by atoms with Crippen LogP contribution in [0.1, 0.15) is 18.1 Å². The number of nitrogens with one attached hydrogen (secondary N) is 1. The number of rotatable bonds is 5. The van der Waals surface area contributed by atoms with Gasteiger partial charge >= 0.3 is 0 Å². The summed E-state index contributed by atoms with van der Waals surface area (Å²) in [6, 6.07) is 10.0. The summed E-state index contributed by atoms with van der Waals surface area (Å²) in [4.78, 5) is 4.05. The SMILES string of the molecule is CCNCc1ccc(C)c(Oc2cccnc2)c1. The molecule has 0 radical (unpaired) electrons. The standard InChI is InChI=1S/C15H18N2O/c1-3-16-10-13-7-6-12(2)15(9-13)18-14-5-4-8-17-11-14/h4-9,11,16H,3,10H2,1-2H3. The third-order valence-corrected chi connectivity index (χ3v) is 2.69. The fraction of sp³-hybridized carbons (Fsp3) is 0.267. The number of pyridine rings is 1. The molecule has 0 saturated heterocycles. The van der Waals surface area contributed by atoms with Crippen molar-refractivity contribution in [1.82, 2.24) is 10.3 Å². The van der Waals surface area contributed by atoms with Gasteiger partial charge in [0, 0.05) is 12.7 Å². The molecule has 0 atom stereocenters. The lowest BCUT2D eigenvalue weighted by Crippen LogP contribution is -2.11. The Kier molecular flexibility index (Phi) is 4.31. The largest absolute Gasteiger partial charge is 0.455 e. The van der Waals surface area contributed by atoms with Gasteiger partial charge < -0.3 is 10.1 Å². The molecule has 0 saturated carbocycles. The monoisotopic (exact) mass is 242 g/mol. The number of nitrogens with zero attached hydrogens (tertiary/aromatic N) is 1. The van der Waals surface area contributed by atoms with Crippen LogP contribution in [0.25, 0.3) is 0 Å². The summed E-state index contributed by atoms with van der Waals surface area (Å²) in [5.74, 6) is 1.65. The lowest BCUT2D eigenvalue weighted by Gasteiger charge is -2.10. The van der Waals surface area contributed by atoms with E-state index in [0.717, 1.165) is 30.2 Å². The molecule has 1 aromatic carbocycles. The van der Waals surface area contributed by atoms with Crippen molar-refractivity contribution in [2.45, 2.75) is 20.4 Å². The molecule has 1 heterocycles. The predicted octanol–water partition coefficient (Wildman–Crippen LogP) is 3.29. The van der Waals surface area contributed by atoms with E-state index < -0.39 is 0 Å². The fourth-order valence-corrected chi connectivity index (χ4v) is 1.67. The first-order chi connectivity index (χ1) is 8.79. The highest BCUT2D eigenvalue weighted by atomic mass is 16.5. The number of hydrogen-bond donors (Lipinski definition) is 1. The first kappa shape index (κ1) is 12.6. The molecule has 0 spiro atoms. The van der Waals surface area contributed by atoms with Crippen molar-refractivity contribution in [3.8, 4) is 11.5 Å². The second kappa shape index (κ2) is 6.17. The smallest absolute Gasteiger partial charge is 0.145 e. The lowest BCUT2D eigenvalue weighted by atomic mass is 10.1. The fourth-order valence-electron chi connectivity index (χ4n) is 1.67. The maximum absolute atomic E-state index is 5.84. The van der Waals surface area contributed by atoms with Gasteiger partial charge in [0.25, 0.3) is 0 Å². The van der Waals surface area contributed by atoms with E-state index in [-0.39, 0.29) is 0 Å². The van der Waals surface area contributed by atoms with Gasteiger partial charge in [-0.15, -0.1) is 0 Å². The van der Waals surface area contributed by atoms with Crippen LogP contribution in [0.5, 0.6) is 11.5 Å². The first-order valence-corrected chi connectivity index (χ1v) is 6.17. The van der Waals surface area contributed by atoms with Crippen molar-refractivity contribution in [2.24, 2.45) is 0 Å². The number of benzene rings is 1. The maximum Gasteiger partial charge on any atom is 0.145 e. The zero-order valence-corrected chi connectivity index (χ0v) is 10.8. The van der Waals surface area contributed by atoms with Gasteiger partial charge in [0.05, 0.1) is 6.20 Å². The van der Waals surface area contributed by atoms with Gasteiger partial charge in [-0.1, -0.05) is 19.1 Å². The van der Waals surface area contributed by atoms with E-state index in [1.165, 1.54) is 5.56 Å². The molecule has 0 aliphatic heterocycles. The normalized spacial score (nSPS) is 10.3. The van der Waals surface area contributed by atoms with Gasteiger partial charge in [0.15, 0.2) is 0 Å². The number of hydrogen-bond acceptors (Lipinski definition) is 3. The highest BCUT2D eigenvalue weighted by Gasteiger charge is 2.03. The topological polar surface area (TPSA) is 34.1 Å². The molecular formula is C15H18N2O. The van der Waals surface area contributed by atoms with E-state index in [1.54, 1.807) is 12.4 Å². The number of ether oxygens (including phenoxy) is 1. The van der Waals surface area contributed by atoms with E-state index in [9.17, 15) is 0 Å². The Bertz CT molecular complexity index is 497. The van der Waals surface area contributed by atoms with Crippen molar-refractivity contribution < 1.29 is 4.74 Å². The molecule has 94 valence electrons. The summed E-state index contributed by atoms with van der Waals surface area (Å²) in [7, 11) is 0. The Morgan fingerprint density at radius 3 is 2.89 bits per heavy atom. The lowest BCUT2D eigenvalue weighted by molar-refractivity contribution is 0.475. The van der Waals surface area contributed by atoms with Crippen LogP contribution in [0, 0.1) is 6.92 Å². The average Bonchev–Trinajstić information content (AvgIpc) is 2.41. The van der Waals surface area contributed by atoms with E-state index >= 15 is 0 Å². The van der Waals surface area contributed by atoms with Crippen LogP contribution < -0.4 is 10.1 Å². The molecule has 3 heteroatoms. The van der Waals surface area contributed by atoms with Crippen LogP contribution in [0.15, 0.2) is 42.7 Å². The summed E-state index contributed by atoms with van der Waals surface area (Å²) in [6.45, 7) is 5.97. The summed E-state index contributed by atoms with van der Waals surface area (Å²) >= 11 is 0. The number of aromatic nitrogens is 1. The zero-order valence-electron chi connectivity index (χ0n) is 10.8. The molecule has 0 fully saturated rings. The quantitative estimate of drug-likeness (QED) is 0.873. The average molecular weight is 242 g/mol. The van der Waals surface area contributed by atoms with Gasteiger partial charge in [-0.2, -0.15) is 0 Å². The molecule has 1 N–H and O–H groups in total. The molecule has 1 aromatic heterocycles. The molecule has 3 nitrogen and oxygen atoms in total. The zero-order chi connectivity index (χ0) is 12.8. The summed E-state index contributed by atoms with van der Waals surface area (Å²) in [5, 5.41) is 3.31. The van der Waals surface area contributed by atoms with Crippen molar-refractivity contribution in [1.29, 1.82) is 0 Å². The highest BCUT2D eigenvalue weighted by Crippen LogP contribution is 2.25. The molecule has 0 aliphatic carbocycles. The Morgan fingerprint density at radius 2 is 2.17 bits per heavy atom.